The number of rotatable bonds is 0. The van der Waals surface area contributed by atoms with Gasteiger partial charge in [-0.25, -0.2) is 0 Å². The summed E-state index contributed by atoms with van der Waals surface area (Å²) in [6, 6.07) is 1.94. The number of hydrogen-bond donors (Lipinski definition) is 1. The van der Waals surface area contributed by atoms with Crippen LogP contribution in [-0.4, -0.2) is 28.2 Å². The number of ether oxygens (including phenoxy) is 1. The molecule has 1 saturated carbocycles. The Labute approximate surface area is 76.1 Å². The van der Waals surface area contributed by atoms with Gasteiger partial charge in [-0.2, -0.15) is 5.26 Å². The molecule has 0 aromatic carbocycles. The maximum Gasteiger partial charge on any atom is 0.197 e. The van der Waals surface area contributed by atoms with E-state index in [0.717, 1.165) is 0 Å². The first-order chi connectivity index (χ1) is 5.95. The van der Waals surface area contributed by atoms with Gasteiger partial charge in [-0.1, -0.05) is 0 Å². The number of nitrogens with zero attached hydrogens (tertiary/aromatic N) is 1. The van der Waals surface area contributed by atoms with Crippen LogP contribution in [0.1, 0.15) is 20.3 Å². The maximum absolute atomic E-state index is 11.5. The second kappa shape index (κ2) is 2.11. The van der Waals surface area contributed by atoms with Crippen LogP contribution >= 0.6 is 0 Å². The molecule has 1 aliphatic heterocycles. The van der Waals surface area contributed by atoms with Gasteiger partial charge in [-0.15, -0.1) is 0 Å². The lowest BCUT2D eigenvalue weighted by molar-refractivity contribution is -0.209. The Bertz CT molecular complexity index is 321. The number of nitriles is 1. The van der Waals surface area contributed by atoms with E-state index >= 15 is 0 Å². The molecule has 4 heteroatoms. The average Bonchev–Trinajstić information content (AvgIpc) is 2.20. The van der Waals surface area contributed by atoms with Crippen molar-refractivity contribution in [2.45, 2.75) is 37.6 Å². The van der Waals surface area contributed by atoms with Crippen molar-refractivity contribution in [3.63, 3.8) is 0 Å². The van der Waals surface area contributed by atoms with Crippen LogP contribution in [0.3, 0.4) is 0 Å². The summed E-state index contributed by atoms with van der Waals surface area (Å²) >= 11 is 0. The maximum atomic E-state index is 11.5. The molecule has 4 nitrogen and oxygen atoms in total. The van der Waals surface area contributed by atoms with Gasteiger partial charge in [0.15, 0.2) is 11.4 Å². The van der Waals surface area contributed by atoms with E-state index < -0.39 is 23.2 Å². The molecule has 0 radical (unpaired) electrons. The summed E-state index contributed by atoms with van der Waals surface area (Å²) in [7, 11) is 0. The van der Waals surface area contributed by atoms with Gasteiger partial charge < -0.3 is 9.84 Å². The van der Waals surface area contributed by atoms with Gasteiger partial charge >= 0.3 is 0 Å². The molecule has 70 valence electrons. The van der Waals surface area contributed by atoms with Gasteiger partial charge in [-0.3, -0.25) is 4.79 Å². The molecule has 4 unspecified atom stereocenters. The zero-order valence-corrected chi connectivity index (χ0v) is 7.57. The van der Waals surface area contributed by atoms with E-state index in [2.05, 4.69) is 0 Å². The van der Waals surface area contributed by atoms with Crippen LogP contribution in [0.2, 0.25) is 0 Å². The Morgan fingerprint density at radius 3 is 2.85 bits per heavy atom. The zero-order chi connectivity index (χ0) is 9.85. The van der Waals surface area contributed by atoms with Crippen molar-refractivity contribution < 1.29 is 14.6 Å². The van der Waals surface area contributed by atoms with Gasteiger partial charge in [0.05, 0.1) is 12.0 Å². The SMILES string of the molecule is CC1OC2(C)CC(C#N)C2(O)C1=O. The van der Waals surface area contributed by atoms with Crippen molar-refractivity contribution in [1.29, 1.82) is 5.26 Å². The zero-order valence-electron chi connectivity index (χ0n) is 7.57. The van der Waals surface area contributed by atoms with Crippen LogP contribution < -0.4 is 0 Å². The summed E-state index contributed by atoms with van der Waals surface area (Å²) in [4.78, 5) is 11.5. The van der Waals surface area contributed by atoms with E-state index in [9.17, 15) is 9.90 Å². The predicted octanol–water partition coefficient (Wildman–Crippen LogP) is 0.00748. The highest BCUT2D eigenvalue weighted by Gasteiger charge is 2.73. The summed E-state index contributed by atoms with van der Waals surface area (Å²) in [5.74, 6) is -0.956. The van der Waals surface area contributed by atoms with E-state index in [0.29, 0.717) is 6.42 Å². The molecule has 0 aromatic rings. The van der Waals surface area contributed by atoms with Crippen LogP contribution in [0.15, 0.2) is 0 Å². The van der Waals surface area contributed by atoms with Crippen LogP contribution in [0.5, 0.6) is 0 Å². The topological polar surface area (TPSA) is 70.3 Å². The highest BCUT2D eigenvalue weighted by molar-refractivity contribution is 5.96. The Hall–Kier alpha value is -0.920. The lowest BCUT2D eigenvalue weighted by atomic mass is 9.58. The standard InChI is InChI=1S/C9H11NO3/c1-5-7(11)9(12)6(4-10)3-8(9,2)13-5/h5-6,12H,3H2,1-2H3. The van der Waals surface area contributed by atoms with E-state index in [1.165, 1.54) is 0 Å². The molecule has 1 heterocycles. The first kappa shape index (κ1) is 8.67. The molecule has 1 saturated heterocycles. The molecule has 13 heavy (non-hydrogen) atoms. The number of fused-ring (bicyclic) bond motifs is 1. The summed E-state index contributed by atoms with van der Waals surface area (Å²) in [5, 5.41) is 18.7. The van der Waals surface area contributed by atoms with Crippen LogP contribution in [0.4, 0.5) is 0 Å². The van der Waals surface area contributed by atoms with Crippen molar-refractivity contribution in [1.82, 2.24) is 0 Å². The molecule has 2 rings (SSSR count). The molecule has 4 atom stereocenters. The van der Waals surface area contributed by atoms with Gasteiger partial charge in [-0.05, 0) is 20.3 Å². The van der Waals surface area contributed by atoms with E-state index in [1.54, 1.807) is 13.8 Å². The van der Waals surface area contributed by atoms with Gasteiger partial charge in [0.2, 0.25) is 0 Å². The fraction of sp³-hybridized carbons (Fsp3) is 0.778. The monoisotopic (exact) mass is 181 g/mol. The quantitative estimate of drug-likeness (QED) is 0.571. The molecule has 2 aliphatic rings. The Morgan fingerprint density at radius 2 is 2.38 bits per heavy atom. The number of carbonyl (C=O) groups is 1. The smallest absolute Gasteiger partial charge is 0.197 e. The summed E-state index contributed by atoms with van der Waals surface area (Å²) in [6.07, 6.45) is -0.149. The minimum absolute atomic E-state index is 0.354. The molecular weight excluding hydrogens is 170 g/mol. The largest absolute Gasteiger partial charge is 0.378 e. The number of carbonyl (C=O) groups excluding carboxylic acids is 1. The fourth-order valence-corrected chi connectivity index (χ4v) is 2.39. The summed E-state index contributed by atoms with van der Waals surface area (Å²) in [6.45, 7) is 3.29. The minimum Gasteiger partial charge on any atom is -0.378 e. The minimum atomic E-state index is -1.55. The highest BCUT2D eigenvalue weighted by atomic mass is 16.6. The fourth-order valence-electron chi connectivity index (χ4n) is 2.39. The third-order valence-corrected chi connectivity index (χ3v) is 3.24. The first-order valence-electron chi connectivity index (χ1n) is 4.30. The third kappa shape index (κ3) is 0.702. The average molecular weight is 181 g/mol. The highest BCUT2D eigenvalue weighted by Crippen LogP contribution is 2.55. The molecule has 0 amide bonds. The molecule has 0 bridgehead atoms. The first-order valence-corrected chi connectivity index (χ1v) is 4.30. The number of hydrogen-bond acceptors (Lipinski definition) is 4. The van der Waals surface area contributed by atoms with Gasteiger partial charge in [0.25, 0.3) is 0 Å². The van der Waals surface area contributed by atoms with Gasteiger partial charge in [0.1, 0.15) is 11.7 Å². The van der Waals surface area contributed by atoms with E-state index in [-0.39, 0.29) is 5.78 Å². The van der Waals surface area contributed by atoms with Crippen LogP contribution in [-0.2, 0) is 9.53 Å². The molecule has 1 aliphatic carbocycles. The Balaban J connectivity index is 2.41. The number of aliphatic hydroxyl groups is 1. The third-order valence-electron chi connectivity index (χ3n) is 3.24. The van der Waals surface area contributed by atoms with Crippen LogP contribution in [0.25, 0.3) is 0 Å². The Morgan fingerprint density at radius 1 is 1.77 bits per heavy atom. The molecular formula is C9H11NO3. The van der Waals surface area contributed by atoms with Crippen molar-refractivity contribution >= 4 is 5.78 Å². The van der Waals surface area contributed by atoms with Crippen molar-refractivity contribution in [2.24, 2.45) is 5.92 Å². The normalized spacial score (nSPS) is 53.8. The number of Topliss-reactive ketones (excluding diaryl/α,β-unsaturated/α-hetero) is 1. The molecule has 0 spiro atoms. The Kier molecular flexibility index (Phi) is 1.41. The van der Waals surface area contributed by atoms with Gasteiger partial charge in [0, 0.05) is 0 Å². The van der Waals surface area contributed by atoms with E-state index in [4.69, 9.17) is 10.00 Å². The summed E-state index contributed by atoms with van der Waals surface area (Å²) in [5.41, 5.74) is -2.38. The van der Waals surface area contributed by atoms with E-state index in [1.807, 2.05) is 6.07 Å². The second-order valence-corrected chi connectivity index (χ2v) is 4.01. The van der Waals surface area contributed by atoms with Crippen molar-refractivity contribution in [2.75, 3.05) is 0 Å². The molecule has 2 fully saturated rings. The lowest BCUT2D eigenvalue weighted by Gasteiger charge is -2.49. The number of ketones is 1. The molecule has 0 aromatic heterocycles. The van der Waals surface area contributed by atoms with Crippen LogP contribution in [0, 0.1) is 17.2 Å². The molecule has 1 N–H and O–H groups in total. The second-order valence-electron chi connectivity index (χ2n) is 4.01. The van der Waals surface area contributed by atoms with Crippen molar-refractivity contribution in [3.8, 4) is 6.07 Å². The lowest BCUT2D eigenvalue weighted by Crippen LogP contribution is -2.67. The van der Waals surface area contributed by atoms with Crippen molar-refractivity contribution in [3.05, 3.63) is 0 Å². The summed E-state index contributed by atoms with van der Waals surface area (Å²) < 4.78 is 5.34. The predicted molar refractivity (Wildman–Crippen MR) is 42.6 cm³/mol.